The molecule has 1 rings (SSSR count). The van der Waals surface area contributed by atoms with Crippen molar-refractivity contribution in [1.29, 1.82) is 0 Å². The van der Waals surface area contributed by atoms with Gasteiger partial charge < -0.3 is 5.11 Å². The molecule has 0 aromatic carbocycles. The number of aliphatic hydroxyl groups is 1. The first-order valence-corrected chi connectivity index (χ1v) is 7.58. The van der Waals surface area contributed by atoms with Crippen LogP contribution < -0.4 is 0 Å². The van der Waals surface area contributed by atoms with Gasteiger partial charge >= 0.3 is 0 Å². The number of ketones is 2. The lowest BCUT2D eigenvalue weighted by Crippen LogP contribution is -2.63. The molecule has 0 bridgehead atoms. The van der Waals surface area contributed by atoms with Crippen LogP contribution in [0.4, 0.5) is 0 Å². The Hall–Kier alpha value is -0.960. The van der Waals surface area contributed by atoms with Crippen molar-refractivity contribution in [3.05, 3.63) is 11.6 Å². The number of allylic oxidation sites excluding steroid dienone is 1. The molecule has 21 heavy (non-hydrogen) atoms. The highest BCUT2D eigenvalue weighted by atomic mass is 16.3. The Morgan fingerprint density at radius 3 is 1.67 bits per heavy atom. The highest BCUT2D eigenvalue weighted by Crippen LogP contribution is 2.50. The van der Waals surface area contributed by atoms with E-state index in [9.17, 15) is 14.7 Å². The van der Waals surface area contributed by atoms with Crippen LogP contribution in [0.2, 0.25) is 0 Å². The summed E-state index contributed by atoms with van der Waals surface area (Å²) >= 11 is 0. The van der Waals surface area contributed by atoms with Crippen LogP contribution in [0, 0.1) is 22.2 Å². The van der Waals surface area contributed by atoms with Crippen LogP contribution in [0.1, 0.15) is 62.3 Å². The van der Waals surface area contributed by atoms with Crippen molar-refractivity contribution < 1.29 is 14.7 Å². The van der Waals surface area contributed by atoms with Crippen molar-refractivity contribution in [2.24, 2.45) is 22.2 Å². The minimum atomic E-state index is -1.67. The summed E-state index contributed by atoms with van der Waals surface area (Å²) in [5, 5.41) is 11.2. The highest BCUT2D eigenvalue weighted by Gasteiger charge is 2.61. The van der Waals surface area contributed by atoms with Gasteiger partial charge in [0, 0.05) is 5.57 Å². The van der Waals surface area contributed by atoms with Gasteiger partial charge in [-0.2, -0.15) is 0 Å². The minimum Gasteiger partial charge on any atom is -0.380 e. The molecule has 1 aliphatic carbocycles. The van der Waals surface area contributed by atoms with E-state index in [1.807, 2.05) is 62.3 Å². The van der Waals surface area contributed by atoms with E-state index in [4.69, 9.17) is 0 Å². The topological polar surface area (TPSA) is 54.4 Å². The van der Waals surface area contributed by atoms with Crippen LogP contribution in [-0.4, -0.2) is 22.3 Å². The maximum absolute atomic E-state index is 13.0. The molecule has 0 aromatic rings. The van der Waals surface area contributed by atoms with E-state index in [1.165, 1.54) is 6.08 Å². The molecule has 0 saturated carbocycles. The molecule has 0 aromatic heterocycles. The molecule has 0 spiro atoms. The number of Topliss-reactive ketones (excluding diaryl/α,β-unsaturated/α-hetero) is 1. The lowest BCUT2D eigenvalue weighted by atomic mass is 9.53. The third-order valence-corrected chi connectivity index (χ3v) is 4.41. The molecule has 120 valence electrons. The number of carbonyl (C=O) groups excluding carboxylic acids is 2. The van der Waals surface area contributed by atoms with Crippen molar-refractivity contribution in [3.63, 3.8) is 0 Å². The second-order valence-corrected chi connectivity index (χ2v) is 9.35. The Morgan fingerprint density at radius 1 is 0.952 bits per heavy atom. The zero-order chi connectivity index (χ0) is 17.0. The summed E-state index contributed by atoms with van der Waals surface area (Å²) < 4.78 is 0. The minimum absolute atomic E-state index is 0.105. The predicted molar refractivity (Wildman–Crippen MR) is 84.9 cm³/mol. The summed E-state index contributed by atoms with van der Waals surface area (Å²) in [7, 11) is 0. The van der Waals surface area contributed by atoms with E-state index in [-0.39, 0.29) is 11.6 Å². The fraction of sp³-hybridized carbons (Fsp3) is 0.778. The molecule has 0 radical (unpaired) electrons. The van der Waals surface area contributed by atoms with Gasteiger partial charge in [-0.05, 0) is 22.3 Å². The summed E-state index contributed by atoms with van der Waals surface area (Å²) in [6.45, 7) is 16.9. The molecular formula is C18H30O3. The summed E-state index contributed by atoms with van der Waals surface area (Å²) in [4.78, 5) is 25.8. The van der Waals surface area contributed by atoms with Gasteiger partial charge in [0.05, 0.1) is 5.92 Å². The molecule has 0 heterocycles. The van der Waals surface area contributed by atoms with Gasteiger partial charge in [-0.1, -0.05) is 62.3 Å². The van der Waals surface area contributed by atoms with E-state index in [0.717, 1.165) is 0 Å². The van der Waals surface area contributed by atoms with Crippen molar-refractivity contribution in [2.45, 2.75) is 67.9 Å². The molecular weight excluding hydrogens is 264 g/mol. The largest absolute Gasteiger partial charge is 0.380 e. The third-order valence-electron chi connectivity index (χ3n) is 4.41. The number of hydrogen-bond acceptors (Lipinski definition) is 3. The van der Waals surface area contributed by atoms with Gasteiger partial charge in [0.15, 0.2) is 11.6 Å². The first kappa shape index (κ1) is 18.1. The van der Waals surface area contributed by atoms with Crippen LogP contribution in [-0.2, 0) is 9.59 Å². The fourth-order valence-corrected chi connectivity index (χ4v) is 3.21. The van der Waals surface area contributed by atoms with E-state index in [0.29, 0.717) is 5.57 Å². The summed E-state index contributed by atoms with van der Waals surface area (Å²) in [5.41, 5.74) is -2.77. The maximum Gasteiger partial charge on any atom is 0.188 e. The summed E-state index contributed by atoms with van der Waals surface area (Å²) in [6.07, 6.45) is 1.37. The normalized spacial score (nSPS) is 28.7. The molecule has 3 nitrogen and oxygen atoms in total. The van der Waals surface area contributed by atoms with Crippen LogP contribution >= 0.6 is 0 Å². The lowest BCUT2D eigenvalue weighted by Gasteiger charge is -2.51. The van der Waals surface area contributed by atoms with Crippen LogP contribution in [0.25, 0.3) is 0 Å². The molecule has 1 N–H and O–H groups in total. The van der Waals surface area contributed by atoms with Crippen molar-refractivity contribution in [3.8, 4) is 0 Å². The molecule has 2 unspecified atom stereocenters. The molecule has 0 fully saturated rings. The standard InChI is InChI=1S/C18H30O3/c1-15(2,3)11-10-12(19)18(21,17(7,8)9)14(13(11)20)16(4,5)6/h10,14,21H,1-9H3. The van der Waals surface area contributed by atoms with Gasteiger partial charge in [-0.3, -0.25) is 9.59 Å². The number of carbonyl (C=O) groups is 2. The zero-order valence-corrected chi connectivity index (χ0v) is 14.9. The molecule has 2 atom stereocenters. The second kappa shape index (κ2) is 4.77. The van der Waals surface area contributed by atoms with Crippen LogP contribution in [0.15, 0.2) is 11.6 Å². The Kier molecular flexibility index (Phi) is 4.11. The number of hydrogen-bond donors (Lipinski definition) is 1. The molecule has 0 amide bonds. The summed E-state index contributed by atoms with van der Waals surface area (Å²) in [6, 6.07) is 0. The molecule has 0 saturated heterocycles. The summed E-state index contributed by atoms with van der Waals surface area (Å²) in [5.74, 6) is -1.19. The smallest absolute Gasteiger partial charge is 0.188 e. The van der Waals surface area contributed by atoms with E-state index in [2.05, 4.69) is 0 Å². The van der Waals surface area contributed by atoms with Gasteiger partial charge in [0.25, 0.3) is 0 Å². The van der Waals surface area contributed by atoms with Crippen molar-refractivity contribution in [1.82, 2.24) is 0 Å². The van der Waals surface area contributed by atoms with E-state index >= 15 is 0 Å². The zero-order valence-electron chi connectivity index (χ0n) is 14.9. The monoisotopic (exact) mass is 294 g/mol. The van der Waals surface area contributed by atoms with Crippen molar-refractivity contribution >= 4 is 11.6 Å². The number of rotatable bonds is 0. The van der Waals surface area contributed by atoms with Crippen molar-refractivity contribution in [2.75, 3.05) is 0 Å². The Morgan fingerprint density at radius 2 is 1.38 bits per heavy atom. The Balaban J connectivity index is 3.67. The Bertz CT molecular complexity index is 492. The van der Waals surface area contributed by atoms with E-state index < -0.39 is 27.8 Å². The van der Waals surface area contributed by atoms with Gasteiger partial charge in [0.1, 0.15) is 5.60 Å². The first-order valence-electron chi connectivity index (χ1n) is 7.58. The highest BCUT2D eigenvalue weighted by molar-refractivity contribution is 6.15. The van der Waals surface area contributed by atoms with Crippen LogP contribution in [0.5, 0.6) is 0 Å². The second-order valence-electron chi connectivity index (χ2n) is 9.35. The van der Waals surface area contributed by atoms with Gasteiger partial charge in [-0.25, -0.2) is 0 Å². The first-order chi connectivity index (χ1) is 9.04. The third kappa shape index (κ3) is 2.85. The Labute approximate surface area is 128 Å². The quantitative estimate of drug-likeness (QED) is 0.743. The fourth-order valence-electron chi connectivity index (χ4n) is 3.21. The van der Waals surface area contributed by atoms with Gasteiger partial charge in [-0.15, -0.1) is 0 Å². The average Bonchev–Trinajstić information content (AvgIpc) is 2.18. The SMILES string of the molecule is CC(C)(C)C1=CC(=O)C(O)(C(C)(C)C)C(C(C)(C)C)C1=O. The average molecular weight is 294 g/mol. The molecule has 3 heteroatoms. The van der Waals surface area contributed by atoms with E-state index in [1.54, 1.807) is 0 Å². The van der Waals surface area contributed by atoms with Gasteiger partial charge in [0.2, 0.25) is 0 Å². The maximum atomic E-state index is 13.0. The van der Waals surface area contributed by atoms with Crippen LogP contribution in [0.3, 0.4) is 0 Å². The predicted octanol–water partition coefficient (Wildman–Crippen LogP) is 3.55. The lowest BCUT2D eigenvalue weighted by molar-refractivity contribution is -0.173. The molecule has 1 aliphatic rings. The molecule has 0 aliphatic heterocycles.